The summed E-state index contributed by atoms with van der Waals surface area (Å²) in [5.41, 5.74) is 1.04. The molecule has 0 bridgehead atoms. The molecular formula is C16H17N3O3. The highest BCUT2D eigenvalue weighted by atomic mass is 16.7. The molecule has 22 heavy (non-hydrogen) atoms. The van der Waals surface area contributed by atoms with Gasteiger partial charge in [0, 0.05) is 25.8 Å². The first-order chi connectivity index (χ1) is 10.8. The number of nitrogens with one attached hydrogen (secondary N) is 1. The van der Waals surface area contributed by atoms with Crippen molar-refractivity contribution in [2.75, 3.05) is 19.9 Å². The molecule has 1 aromatic rings. The third-order valence-electron chi connectivity index (χ3n) is 3.71. The maximum absolute atomic E-state index is 12.1. The summed E-state index contributed by atoms with van der Waals surface area (Å²) >= 11 is 0. The fourth-order valence-corrected chi connectivity index (χ4v) is 2.52. The van der Waals surface area contributed by atoms with Gasteiger partial charge in [-0.2, -0.15) is 5.26 Å². The van der Waals surface area contributed by atoms with Gasteiger partial charge in [-0.25, -0.2) is 0 Å². The molecule has 2 aliphatic heterocycles. The molecule has 6 heteroatoms. The summed E-state index contributed by atoms with van der Waals surface area (Å²) in [6.07, 6.45) is 3.87. The maximum atomic E-state index is 12.1. The van der Waals surface area contributed by atoms with E-state index in [1.54, 1.807) is 6.20 Å². The summed E-state index contributed by atoms with van der Waals surface area (Å²) < 4.78 is 10.5. The van der Waals surface area contributed by atoms with Crippen LogP contribution in [0.25, 0.3) is 0 Å². The van der Waals surface area contributed by atoms with Gasteiger partial charge in [0.25, 0.3) is 5.91 Å². The first-order valence-electron chi connectivity index (χ1n) is 7.29. The van der Waals surface area contributed by atoms with Gasteiger partial charge in [0.2, 0.25) is 6.79 Å². The van der Waals surface area contributed by atoms with E-state index in [4.69, 9.17) is 14.7 Å². The van der Waals surface area contributed by atoms with Gasteiger partial charge in [-0.05, 0) is 30.5 Å². The Hall–Kier alpha value is -2.68. The van der Waals surface area contributed by atoms with Crippen LogP contribution < -0.4 is 14.8 Å². The minimum absolute atomic E-state index is 0.141. The van der Waals surface area contributed by atoms with E-state index in [0.717, 1.165) is 31.5 Å². The van der Waals surface area contributed by atoms with Gasteiger partial charge < -0.3 is 19.7 Å². The highest BCUT2D eigenvalue weighted by molar-refractivity contribution is 5.97. The number of fused-ring (bicyclic) bond motifs is 1. The predicted molar refractivity (Wildman–Crippen MR) is 78.9 cm³/mol. The van der Waals surface area contributed by atoms with E-state index in [1.807, 2.05) is 29.2 Å². The number of nitriles is 1. The minimum Gasteiger partial charge on any atom is -0.454 e. The van der Waals surface area contributed by atoms with Gasteiger partial charge in [-0.15, -0.1) is 0 Å². The molecule has 0 unspecified atom stereocenters. The van der Waals surface area contributed by atoms with Crippen LogP contribution in [0.15, 0.2) is 30.0 Å². The zero-order chi connectivity index (χ0) is 15.4. The summed E-state index contributed by atoms with van der Waals surface area (Å²) in [7, 11) is 0. The monoisotopic (exact) mass is 299 g/mol. The number of benzene rings is 1. The van der Waals surface area contributed by atoms with Crippen molar-refractivity contribution in [1.82, 2.24) is 10.2 Å². The van der Waals surface area contributed by atoms with E-state index in [-0.39, 0.29) is 18.3 Å². The summed E-state index contributed by atoms with van der Waals surface area (Å²) in [4.78, 5) is 14.1. The van der Waals surface area contributed by atoms with E-state index in [2.05, 4.69) is 5.32 Å². The van der Waals surface area contributed by atoms with E-state index in [9.17, 15) is 4.79 Å². The molecule has 0 saturated carbocycles. The fourth-order valence-electron chi connectivity index (χ4n) is 2.52. The molecule has 1 saturated heterocycles. The maximum Gasteiger partial charge on any atom is 0.263 e. The Morgan fingerprint density at radius 2 is 2.09 bits per heavy atom. The van der Waals surface area contributed by atoms with E-state index in [0.29, 0.717) is 18.0 Å². The van der Waals surface area contributed by atoms with Gasteiger partial charge >= 0.3 is 0 Å². The zero-order valence-corrected chi connectivity index (χ0v) is 12.2. The van der Waals surface area contributed by atoms with Gasteiger partial charge in [-0.1, -0.05) is 6.07 Å². The second kappa shape index (κ2) is 6.39. The lowest BCUT2D eigenvalue weighted by atomic mass is 10.2. The Morgan fingerprint density at radius 3 is 2.86 bits per heavy atom. The minimum atomic E-state index is -0.355. The molecule has 0 atom stereocenters. The summed E-state index contributed by atoms with van der Waals surface area (Å²) in [6, 6.07) is 7.48. The van der Waals surface area contributed by atoms with E-state index < -0.39 is 0 Å². The Labute approximate surface area is 128 Å². The topological polar surface area (TPSA) is 74.6 Å². The molecule has 0 aromatic heterocycles. The van der Waals surface area contributed by atoms with Crippen LogP contribution in [0.4, 0.5) is 0 Å². The Morgan fingerprint density at radius 1 is 1.32 bits per heavy atom. The van der Waals surface area contributed by atoms with Gasteiger partial charge in [0.1, 0.15) is 11.6 Å². The largest absolute Gasteiger partial charge is 0.454 e. The normalized spacial score (nSPS) is 16.5. The molecule has 0 radical (unpaired) electrons. The molecule has 1 fully saturated rings. The number of carbonyl (C=O) groups is 1. The van der Waals surface area contributed by atoms with Crippen LogP contribution in [0.1, 0.15) is 18.4 Å². The number of hydrogen-bond donors (Lipinski definition) is 1. The van der Waals surface area contributed by atoms with Gasteiger partial charge in [0.15, 0.2) is 11.5 Å². The molecule has 0 spiro atoms. The molecule has 1 aromatic carbocycles. The molecule has 3 rings (SSSR count). The molecule has 2 aliphatic rings. The van der Waals surface area contributed by atoms with Crippen molar-refractivity contribution < 1.29 is 14.3 Å². The highest BCUT2D eigenvalue weighted by Crippen LogP contribution is 2.32. The van der Waals surface area contributed by atoms with Crippen LogP contribution in [0, 0.1) is 11.3 Å². The van der Waals surface area contributed by atoms with Crippen LogP contribution in [0.3, 0.4) is 0 Å². The first-order valence-corrected chi connectivity index (χ1v) is 7.29. The predicted octanol–water partition coefficient (Wildman–Crippen LogP) is 1.53. The van der Waals surface area contributed by atoms with Crippen molar-refractivity contribution in [3.05, 3.63) is 35.5 Å². The van der Waals surface area contributed by atoms with Crippen molar-refractivity contribution in [3.8, 4) is 17.6 Å². The van der Waals surface area contributed by atoms with Crippen LogP contribution in [-0.4, -0.2) is 30.7 Å². The number of ether oxygens (including phenoxy) is 2. The number of amides is 1. The van der Waals surface area contributed by atoms with Crippen molar-refractivity contribution in [2.45, 2.75) is 19.4 Å². The first kappa shape index (κ1) is 14.3. The molecule has 6 nitrogen and oxygen atoms in total. The molecular weight excluding hydrogens is 282 g/mol. The average Bonchev–Trinajstić information content (AvgIpc) is 3.20. The quantitative estimate of drug-likeness (QED) is 0.674. The lowest BCUT2D eigenvalue weighted by molar-refractivity contribution is -0.117. The van der Waals surface area contributed by atoms with Crippen molar-refractivity contribution in [2.24, 2.45) is 0 Å². The highest BCUT2D eigenvalue weighted by Gasteiger charge is 2.15. The molecule has 1 amide bonds. The van der Waals surface area contributed by atoms with Crippen molar-refractivity contribution in [3.63, 3.8) is 0 Å². The lowest BCUT2D eigenvalue weighted by Gasteiger charge is -2.12. The third-order valence-corrected chi connectivity index (χ3v) is 3.71. The Balaban J connectivity index is 1.60. The number of rotatable bonds is 4. The zero-order valence-electron chi connectivity index (χ0n) is 12.2. The number of likely N-dealkylation sites (tertiary alicyclic amines) is 1. The smallest absolute Gasteiger partial charge is 0.263 e. The fraction of sp³-hybridized carbons (Fsp3) is 0.375. The standard InChI is InChI=1S/C16H17N3O3/c17-8-13(10-19-5-1-2-6-19)16(20)18-9-12-3-4-14-15(7-12)22-11-21-14/h3-4,7,10H,1-2,5-6,9,11H2,(H,18,20)/b13-10-. The van der Waals surface area contributed by atoms with Crippen LogP contribution in [-0.2, 0) is 11.3 Å². The number of hydrogen-bond acceptors (Lipinski definition) is 5. The SMILES string of the molecule is N#C/C(=C/N1CCCC1)C(=O)NCc1ccc2c(c1)OCO2. The molecule has 1 N–H and O–H groups in total. The summed E-state index contributed by atoms with van der Waals surface area (Å²) in [5, 5.41) is 11.9. The van der Waals surface area contributed by atoms with Crippen LogP contribution in [0.5, 0.6) is 11.5 Å². The molecule has 114 valence electrons. The lowest BCUT2D eigenvalue weighted by Crippen LogP contribution is -2.25. The molecule has 2 heterocycles. The van der Waals surface area contributed by atoms with Crippen molar-refractivity contribution >= 4 is 5.91 Å². The van der Waals surface area contributed by atoms with E-state index >= 15 is 0 Å². The second-order valence-electron chi connectivity index (χ2n) is 5.27. The van der Waals surface area contributed by atoms with Crippen molar-refractivity contribution in [1.29, 1.82) is 5.26 Å². The second-order valence-corrected chi connectivity index (χ2v) is 5.27. The van der Waals surface area contributed by atoms with Crippen LogP contribution >= 0.6 is 0 Å². The average molecular weight is 299 g/mol. The number of nitrogens with zero attached hydrogens (tertiary/aromatic N) is 2. The third kappa shape index (κ3) is 3.14. The summed E-state index contributed by atoms with van der Waals surface area (Å²) in [6.45, 7) is 2.37. The van der Waals surface area contributed by atoms with Crippen LogP contribution in [0.2, 0.25) is 0 Å². The van der Waals surface area contributed by atoms with Gasteiger partial charge in [0.05, 0.1) is 0 Å². The number of carbonyl (C=O) groups excluding carboxylic acids is 1. The van der Waals surface area contributed by atoms with Gasteiger partial charge in [-0.3, -0.25) is 4.79 Å². The van der Waals surface area contributed by atoms with E-state index in [1.165, 1.54) is 0 Å². The summed E-state index contributed by atoms with van der Waals surface area (Å²) in [5.74, 6) is 1.04. The Kier molecular flexibility index (Phi) is 4.15. The Bertz CT molecular complexity index is 643. The molecule has 0 aliphatic carbocycles.